The highest BCUT2D eigenvalue weighted by molar-refractivity contribution is 5.97. The summed E-state index contributed by atoms with van der Waals surface area (Å²) in [6.07, 6.45) is 1.10. The van der Waals surface area contributed by atoms with Crippen LogP contribution >= 0.6 is 0 Å². The Morgan fingerprint density at radius 1 is 1.24 bits per heavy atom. The van der Waals surface area contributed by atoms with Gasteiger partial charge in [-0.05, 0) is 35.9 Å². The third-order valence-electron chi connectivity index (χ3n) is 3.02. The number of nitrogens with two attached hydrogens (primary N) is 2. The number of hydrogen-bond donors (Lipinski definition) is 4. The second kappa shape index (κ2) is 6.15. The van der Waals surface area contributed by atoms with E-state index in [1.165, 1.54) is 24.3 Å². The SMILES string of the molecule is N=Cc1cc(NC(=O)C(N)c2ccc(F)cc2)ccc1N. The Hall–Kier alpha value is -2.73. The van der Waals surface area contributed by atoms with Crippen molar-refractivity contribution in [3.05, 3.63) is 59.4 Å². The lowest BCUT2D eigenvalue weighted by Crippen LogP contribution is -2.27. The smallest absolute Gasteiger partial charge is 0.245 e. The highest BCUT2D eigenvalue weighted by Gasteiger charge is 2.16. The van der Waals surface area contributed by atoms with E-state index in [0.717, 1.165) is 6.21 Å². The van der Waals surface area contributed by atoms with Crippen molar-refractivity contribution in [2.45, 2.75) is 6.04 Å². The van der Waals surface area contributed by atoms with Crippen molar-refractivity contribution in [1.29, 1.82) is 5.41 Å². The quantitative estimate of drug-likeness (QED) is 0.510. The summed E-state index contributed by atoms with van der Waals surface area (Å²) in [5.74, 6) is -0.817. The van der Waals surface area contributed by atoms with Gasteiger partial charge in [0, 0.05) is 23.2 Å². The molecule has 1 atom stereocenters. The van der Waals surface area contributed by atoms with E-state index < -0.39 is 11.9 Å². The number of amides is 1. The first kappa shape index (κ1) is 14.7. The molecule has 0 saturated heterocycles. The van der Waals surface area contributed by atoms with Crippen LogP contribution in [-0.2, 0) is 4.79 Å². The minimum atomic E-state index is -0.911. The summed E-state index contributed by atoms with van der Waals surface area (Å²) < 4.78 is 12.8. The third kappa shape index (κ3) is 3.43. The average Bonchev–Trinajstić information content (AvgIpc) is 2.49. The summed E-state index contributed by atoms with van der Waals surface area (Å²) in [4.78, 5) is 12.1. The molecule has 6 N–H and O–H groups in total. The number of anilines is 2. The molecule has 0 fully saturated rings. The van der Waals surface area contributed by atoms with Crippen LogP contribution in [-0.4, -0.2) is 12.1 Å². The largest absolute Gasteiger partial charge is 0.398 e. The van der Waals surface area contributed by atoms with Crippen molar-refractivity contribution in [3.63, 3.8) is 0 Å². The molecule has 2 rings (SSSR count). The highest BCUT2D eigenvalue weighted by atomic mass is 19.1. The standard InChI is InChI=1S/C15H15FN4O/c16-11-3-1-9(2-4-11)14(19)15(21)20-12-5-6-13(18)10(7-12)8-17/h1-8,14,17H,18-19H2,(H,20,21). The Kier molecular flexibility index (Phi) is 4.30. The maximum atomic E-state index is 12.8. The van der Waals surface area contributed by atoms with Gasteiger partial charge in [0.1, 0.15) is 11.9 Å². The van der Waals surface area contributed by atoms with Crippen LogP contribution in [0.1, 0.15) is 17.2 Å². The van der Waals surface area contributed by atoms with Gasteiger partial charge in [-0.15, -0.1) is 0 Å². The van der Waals surface area contributed by atoms with E-state index in [1.807, 2.05) is 0 Å². The fourth-order valence-electron chi connectivity index (χ4n) is 1.82. The molecular weight excluding hydrogens is 271 g/mol. The number of hydrogen-bond acceptors (Lipinski definition) is 4. The number of benzene rings is 2. The molecule has 108 valence electrons. The third-order valence-corrected chi connectivity index (χ3v) is 3.02. The van der Waals surface area contributed by atoms with E-state index in [4.69, 9.17) is 16.9 Å². The minimum Gasteiger partial charge on any atom is -0.398 e. The van der Waals surface area contributed by atoms with Crippen LogP contribution in [0.3, 0.4) is 0 Å². The fourth-order valence-corrected chi connectivity index (χ4v) is 1.82. The van der Waals surface area contributed by atoms with Gasteiger partial charge in [0.25, 0.3) is 0 Å². The van der Waals surface area contributed by atoms with Crippen molar-refractivity contribution < 1.29 is 9.18 Å². The van der Waals surface area contributed by atoms with Crippen LogP contribution in [0.25, 0.3) is 0 Å². The maximum absolute atomic E-state index is 12.8. The van der Waals surface area contributed by atoms with Crippen LogP contribution in [0.15, 0.2) is 42.5 Å². The summed E-state index contributed by atoms with van der Waals surface area (Å²) in [7, 11) is 0. The van der Waals surface area contributed by atoms with E-state index in [2.05, 4.69) is 5.32 Å². The maximum Gasteiger partial charge on any atom is 0.245 e. The molecule has 5 nitrogen and oxygen atoms in total. The van der Waals surface area contributed by atoms with Gasteiger partial charge >= 0.3 is 0 Å². The van der Waals surface area contributed by atoms with E-state index in [9.17, 15) is 9.18 Å². The first-order valence-corrected chi connectivity index (χ1v) is 6.23. The molecule has 6 heteroatoms. The summed E-state index contributed by atoms with van der Waals surface area (Å²) >= 11 is 0. The highest BCUT2D eigenvalue weighted by Crippen LogP contribution is 2.18. The molecule has 1 unspecified atom stereocenters. The van der Waals surface area contributed by atoms with Gasteiger partial charge in [-0.25, -0.2) is 4.39 Å². The minimum absolute atomic E-state index is 0.388. The second-order valence-electron chi connectivity index (χ2n) is 4.51. The summed E-state index contributed by atoms with van der Waals surface area (Å²) in [6.45, 7) is 0. The molecule has 0 aliphatic rings. The lowest BCUT2D eigenvalue weighted by atomic mass is 10.1. The van der Waals surface area contributed by atoms with Crippen molar-refractivity contribution in [2.75, 3.05) is 11.1 Å². The molecule has 0 radical (unpaired) electrons. The zero-order chi connectivity index (χ0) is 15.4. The van der Waals surface area contributed by atoms with Crippen LogP contribution in [0.2, 0.25) is 0 Å². The van der Waals surface area contributed by atoms with Crippen molar-refractivity contribution in [3.8, 4) is 0 Å². The molecule has 0 aromatic heterocycles. The topological polar surface area (TPSA) is 105 Å². The molecule has 0 aliphatic carbocycles. The molecular formula is C15H15FN4O. The molecule has 0 spiro atoms. The summed E-state index contributed by atoms with van der Waals surface area (Å²) in [5, 5.41) is 9.87. The van der Waals surface area contributed by atoms with E-state index in [-0.39, 0.29) is 5.82 Å². The van der Waals surface area contributed by atoms with Gasteiger partial charge in [0.15, 0.2) is 0 Å². The van der Waals surface area contributed by atoms with Crippen LogP contribution in [0.5, 0.6) is 0 Å². The predicted octanol–water partition coefficient (Wildman–Crippen LogP) is 2.04. The molecule has 21 heavy (non-hydrogen) atoms. The van der Waals surface area contributed by atoms with Crippen LogP contribution < -0.4 is 16.8 Å². The molecule has 0 bridgehead atoms. The molecule has 0 aliphatic heterocycles. The Bertz CT molecular complexity index is 670. The van der Waals surface area contributed by atoms with Gasteiger partial charge in [-0.2, -0.15) is 0 Å². The number of nitrogen functional groups attached to an aromatic ring is 1. The van der Waals surface area contributed by atoms with Gasteiger partial charge in [-0.1, -0.05) is 12.1 Å². The monoisotopic (exact) mass is 286 g/mol. The average molecular weight is 286 g/mol. The van der Waals surface area contributed by atoms with E-state index in [1.54, 1.807) is 18.2 Å². The van der Waals surface area contributed by atoms with Crippen molar-refractivity contribution in [1.82, 2.24) is 0 Å². The van der Waals surface area contributed by atoms with E-state index >= 15 is 0 Å². The number of rotatable bonds is 4. The zero-order valence-electron chi connectivity index (χ0n) is 11.1. The van der Waals surface area contributed by atoms with E-state index in [0.29, 0.717) is 22.5 Å². The lowest BCUT2D eigenvalue weighted by Gasteiger charge is -2.13. The number of carbonyl (C=O) groups is 1. The number of halogens is 1. The predicted molar refractivity (Wildman–Crippen MR) is 80.7 cm³/mol. The van der Waals surface area contributed by atoms with Gasteiger partial charge in [0.2, 0.25) is 5.91 Å². The first-order valence-electron chi connectivity index (χ1n) is 6.23. The summed E-state index contributed by atoms with van der Waals surface area (Å²) in [6, 6.07) is 9.32. The number of nitrogens with one attached hydrogen (secondary N) is 2. The van der Waals surface area contributed by atoms with Crippen LogP contribution in [0, 0.1) is 11.2 Å². The molecule has 2 aromatic rings. The lowest BCUT2D eigenvalue weighted by molar-refractivity contribution is -0.117. The Labute approximate surface area is 121 Å². The van der Waals surface area contributed by atoms with Crippen molar-refractivity contribution >= 4 is 23.5 Å². The molecule has 1 amide bonds. The Balaban J connectivity index is 2.13. The second-order valence-corrected chi connectivity index (χ2v) is 4.51. The van der Waals surface area contributed by atoms with Gasteiger partial charge < -0.3 is 22.2 Å². The Morgan fingerprint density at radius 2 is 1.90 bits per heavy atom. The fraction of sp³-hybridized carbons (Fsp3) is 0.0667. The van der Waals surface area contributed by atoms with Gasteiger partial charge in [-0.3, -0.25) is 4.79 Å². The normalized spacial score (nSPS) is 11.7. The zero-order valence-corrected chi connectivity index (χ0v) is 11.1. The first-order chi connectivity index (χ1) is 10.0. The van der Waals surface area contributed by atoms with Gasteiger partial charge in [0.05, 0.1) is 0 Å². The molecule has 0 saturated carbocycles. The number of carbonyl (C=O) groups excluding carboxylic acids is 1. The Morgan fingerprint density at radius 3 is 2.52 bits per heavy atom. The van der Waals surface area contributed by atoms with Crippen LogP contribution in [0.4, 0.5) is 15.8 Å². The van der Waals surface area contributed by atoms with Crippen molar-refractivity contribution in [2.24, 2.45) is 5.73 Å². The molecule has 2 aromatic carbocycles. The summed E-state index contributed by atoms with van der Waals surface area (Å²) in [5.41, 5.74) is 13.5. The molecule has 0 heterocycles.